The summed E-state index contributed by atoms with van der Waals surface area (Å²) in [4.78, 5) is 10.8. The van der Waals surface area contributed by atoms with E-state index in [-0.39, 0.29) is 11.0 Å². The molecule has 0 spiro atoms. The molecule has 0 aliphatic carbocycles. The average Bonchev–Trinajstić information content (AvgIpc) is 2.45. The van der Waals surface area contributed by atoms with Crippen molar-refractivity contribution in [1.29, 1.82) is 0 Å². The molecule has 1 aromatic carbocycles. The highest BCUT2D eigenvalue weighted by molar-refractivity contribution is 5.87. The first-order valence-electron chi connectivity index (χ1n) is 7.10. The molecule has 21 heavy (non-hydrogen) atoms. The summed E-state index contributed by atoms with van der Waals surface area (Å²) in [7, 11) is 1.71. The molecule has 0 amide bonds. The van der Waals surface area contributed by atoms with Gasteiger partial charge in [-0.25, -0.2) is 4.79 Å². The number of nitrogens with one attached hydrogen (secondary N) is 1. The third-order valence-electron chi connectivity index (χ3n) is 3.22. The molecular formula is C16H25NO4. The van der Waals surface area contributed by atoms with Gasteiger partial charge in [0.1, 0.15) is 12.4 Å². The molecule has 1 aromatic rings. The number of ether oxygens (including phenoxy) is 2. The standard InChI is InChI=1S/C16H25NO4/c1-16(2,7-9-20-3)12-17-8-10-21-14-6-4-5-13(11-14)15(18)19/h4-6,11,17H,7-10,12H2,1-3H3,(H,18,19). The summed E-state index contributed by atoms with van der Waals surface area (Å²) in [6, 6.07) is 6.52. The van der Waals surface area contributed by atoms with E-state index >= 15 is 0 Å². The highest BCUT2D eigenvalue weighted by Crippen LogP contribution is 2.18. The molecule has 2 N–H and O–H groups in total. The van der Waals surface area contributed by atoms with Gasteiger partial charge in [-0.05, 0) is 30.0 Å². The fraction of sp³-hybridized carbons (Fsp3) is 0.562. The first kappa shape index (κ1) is 17.5. The Morgan fingerprint density at radius 2 is 2.10 bits per heavy atom. The number of methoxy groups -OCH3 is 1. The van der Waals surface area contributed by atoms with Crippen LogP contribution in [0.2, 0.25) is 0 Å². The van der Waals surface area contributed by atoms with Gasteiger partial charge in [0.2, 0.25) is 0 Å². The second-order valence-corrected chi connectivity index (χ2v) is 5.77. The number of aromatic carboxylic acids is 1. The zero-order valence-corrected chi connectivity index (χ0v) is 13.0. The molecule has 0 fully saturated rings. The van der Waals surface area contributed by atoms with E-state index in [2.05, 4.69) is 19.2 Å². The van der Waals surface area contributed by atoms with E-state index in [1.54, 1.807) is 25.3 Å². The third-order valence-corrected chi connectivity index (χ3v) is 3.22. The largest absolute Gasteiger partial charge is 0.492 e. The number of benzene rings is 1. The Kier molecular flexibility index (Phi) is 7.19. The summed E-state index contributed by atoms with van der Waals surface area (Å²) < 4.78 is 10.6. The molecule has 0 saturated heterocycles. The molecule has 0 aromatic heterocycles. The molecule has 5 heteroatoms. The molecule has 0 bridgehead atoms. The smallest absolute Gasteiger partial charge is 0.335 e. The first-order chi connectivity index (χ1) is 9.94. The van der Waals surface area contributed by atoms with Gasteiger partial charge in [-0.1, -0.05) is 19.9 Å². The van der Waals surface area contributed by atoms with Gasteiger partial charge in [0.25, 0.3) is 0 Å². The van der Waals surface area contributed by atoms with Gasteiger partial charge in [-0.15, -0.1) is 0 Å². The van der Waals surface area contributed by atoms with Crippen molar-refractivity contribution in [3.8, 4) is 5.75 Å². The fourth-order valence-electron chi connectivity index (χ4n) is 1.85. The van der Waals surface area contributed by atoms with Crippen LogP contribution in [0, 0.1) is 5.41 Å². The Balaban J connectivity index is 2.25. The number of carbonyl (C=O) groups is 1. The van der Waals surface area contributed by atoms with Crippen molar-refractivity contribution in [2.24, 2.45) is 5.41 Å². The number of hydrogen-bond donors (Lipinski definition) is 2. The second kappa shape index (κ2) is 8.64. The van der Waals surface area contributed by atoms with Crippen molar-refractivity contribution in [2.75, 3.05) is 33.4 Å². The Labute approximate surface area is 126 Å². The van der Waals surface area contributed by atoms with Gasteiger partial charge in [0.05, 0.1) is 5.56 Å². The van der Waals surface area contributed by atoms with E-state index in [1.165, 1.54) is 6.07 Å². The number of carboxylic acid groups (broad SMARTS) is 1. The Morgan fingerprint density at radius 1 is 1.33 bits per heavy atom. The Hall–Kier alpha value is -1.59. The average molecular weight is 295 g/mol. The van der Waals surface area contributed by atoms with E-state index in [9.17, 15) is 4.79 Å². The maximum absolute atomic E-state index is 10.8. The third kappa shape index (κ3) is 7.11. The van der Waals surface area contributed by atoms with Gasteiger partial charge in [-0.2, -0.15) is 0 Å². The minimum absolute atomic E-state index is 0.180. The zero-order valence-electron chi connectivity index (χ0n) is 13.0. The first-order valence-corrected chi connectivity index (χ1v) is 7.10. The van der Waals surface area contributed by atoms with Crippen LogP contribution >= 0.6 is 0 Å². The lowest BCUT2D eigenvalue weighted by Crippen LogP contribution is -2.33. The summed E-state index contributed by atoms with van der Waals surface area (Å²) in [6.07, 6.45) is 0.998. The van der Waals surface area contributed by atoms with Crippen LogP contribution in [0.1, 0.15) is 30.6 Å². The molecule has 0 radical (unpaired) electrons. The van der Waals surface area contributed by atoms with Crippen molar-refractivity contribution in [3.05, 3.63) is 29.8 Å². The monoisotopic (exact) mass is 295 g/mol. The van der Waals surface area contributed by atoms with E-state index in [0.717, 1.165) is 19.6 Å². The van der Waals surface area contributed by atoms with E-state index in [4.69, 9.17) is 14.6 Å². The molecule has 0 aliphatic heterocycles. The predicted molar refractivity (Wildman–Crippen MR) is 82.0 cm³/mol. The summed E-state index contributed by atoms with van der Waals surface area (Å²) in [6.45, 7) is 7.24. The lowest BCUT2D eigenvalue weighted by molar-refractivity contribution is 0.0696. The Bertz CT molecular complexity index is 446. The van der Waals surface area contributed by atoms with E-state index < -0.39 is 5.97 Å². The summed E-state index contributed by atoms with van der Waals surface area (Å²) >= 11 is 0. The Morgan fingerprint density at radius 3 is 2.76 bits per heavy atom. The number of carboxylic acids is 1. The molecule has 0 heterocycles. The normalized spacial score (nSPS) is 11.4. The van der Waals surface area contributed by atoms with Crippen molar-refractivity contribution in [2.45, 2.75) is 20.3 Å². The van der Waals surface area contributed by atoms with E-state index in [1.807, 2.05) is 0 Å². The van der Waals surface area contributed by atoms with Crippen LogP contribution in [0.15, 0.2) is 24.3 Å². The van der Waals surface area contributed by atoms with E-state index in [0.29, 0.717) is 18.9 Å². The quantitative estimate of drug-likeness (QED) is 0.649. The predicted octanol–water partition coefficient (Wildman–Crippen LogP) is 2.42. The zero-order chi connectivity index (χ0) is 15.7. The maximum Gasteiger partial charge on any atom is 0.335 e. The molecule has 0 unspecified atom stereocenters. The number of hydrogen-bond acceptors (Lipinski definition) is 4. The summed E-state index contributed by atoms with van der Waals surface area (Å²) in [5.41, 5.74) is 0.417. The summed E-state index contributed by atoms with van der Waals surface area (Å²) in [5, 5.41) is 12.2. The molecule has 118 valence electrons. The lowest BCUT2D eigenvalue weighted by atomic mass is 9.90. The summed E-state index contributed by atoms with van der Waals surface area (Å²) in [5.74, 6) is -0.367. The van der Waals surface area contributed by atoms with Crippen LogP contribution in [0.25, 0.3) is 0 Å². The fourth-order valence-corrected chi connectivity index (χ4v) is 1.85. The van der Waals surface area contributed by atoms with Crippen molar-refractivity contribution >= 4 is 5.97 Å². The highest BCUT2D eigenvalue weighted by atomic mass is 16.5. The van der Waals surface area contributed by atoms with Crippen LogP contribution in [0.5, 0.6) is 5.75 Å². The second-order valence-electron chi connectivity index (χ2n) is 5.77. The van der Waals surface area contributed by atoms with Crippen LogP contribution < -0.4 is 10.1 Å². The van der Waals surface area contributed by atoms with Crippen molar-refractivity contribution < 1.29 is 19.4 Å². The molecule has 0 aliphatic rings. The van der Waals surface area contributed by atoms with Gasteiger partial charge in [0.15, 0.2) is 0 Å². The van der Waals surface area contributed by atoms with Gasteiger partial charge in [0, 0.05) is 26.8 Å². The lowest BCUT2D eigenvalue weighted by Gasteiger charge is -2.24. The van der Waals surface area contributed by atoms with Crippen molar-refractivity contribution in [1.82, 2.24) is 5.32 Å². The SMILES string of the molecule is COCCC(C)(C)CNCCOc1cccc(C(=O)O)c1. The van der Waals surface area contributed by atoms with Crippen molar-refractivity contribution in [3.63, 3.8) is 0 Å². The van der Waals surface area contributed by atoms with Gasteiger partial charge in [-0.3, -0.25) is 0 Å². The highest BCUT2D eigenvalue weighted by Gasteiger charge is 2.16. The molecule has 0 atom stereocenters. The van der Waals surface area contributed by atoms with Crippen LogP contribution in [-0.4, -0.2) is 44.5 Å². The molecule has 0 saturated carbocycles. The molecular weight excluding hydrogens is 270 g/mol. The number of rotatable bonds is 10. The minimum atomic E-state index is -0.946. The van der Waals surface area contributed by atoms with Gasteiger partial charge >= 0.3 is 5.97 Å². The molecule has 1 rings (SSSR count). The van der Waals surface area contributed by atoms with Crippen LogP contribution in [0.4, 0.5) is 0 Å². The van der Waals surface area contributed by atoms with Crippen LogP contribution in [0.3, 0.4) is 0 Å². The minimum Gasteiger partial charge on any atom is -0.492 e. The van der Waals surface area contributed by atoms with Crippen LogP contribution in [-0.2, 0) is 4.74 Å². The van der Waals surface area contributed by atoms with Gasteiger partial charge < -0.3 is 19.9 Å². The topological polar surface area (TPSA) is 67.8 Å². The molecule has 5 nitrogen and oxygen atoms in total. The maximum atomic E-state index is 10.8.